The summed E-state index contributed by atoms with van der Waals surface area (Å²) < 4.78 is 17.2. The fraction of sp³-hybridized carbons (Fsp3) is 0.130. The Labute approximate surface area is 183 Å². The maximum absolute atomic E-state index is 11.9. The summed E-state index contributed by atoms with van der Waals surface area (Å²) in [6.45, 7) is 0.339. The van der Waals surface area contributed by atoms with E-state index in [0.717, 1.165) is 21.3 Å². The molecular formula is C23H21BrN2O4. The molecule has 0 saturated heterocycles. The second-order valence-electron chi connectivity index (χ2n) is 6.21. The molecule has 0 spiro atoms. The van der Waals surface area contributed by atoms with Crippen molar-refractivity contribution in [2.75, 3.05) is 13.7 Å². The summed E-state index contributed by atoms with van der Waals surface area (Å²) in [6, 6.07) is 22.5. The number of halogens is 1. The van der Waals surface area contributed by atoms with Gasteiger partial charge >= 0.3 is 0 Å². The highest BCUT2D eigenvalue weighted by molar-refractivity contribution is 9.10. The van der Waals surface area contributed by atoms with Crippen LogP contribution in [-0.4, -0.2) is 25.8 Å². The van der Waals surface area contributed by atoms with E-state index in [-0.39, 0.29) is 12.5 Å². The quantitative estimate of drug-likeness (QED) is 0.369. The van der Waals surface area contributed by atoms with E-state index in [2.05, 4.69) is 26.5 Å². The molecule has 3 aromatic rings. The summed E-state index contributed by atoms with van der Waals surface area (Å²) >= 11 is 3.42. The molecule has 0 bridgehead atoms. The lowest BCUT2D eigenvalue weighted by molar-refractivity contribution is -0.123. The highest BCUT2D eigenvalue weighted by Crippen LogP contribution is 2.21. The largest absolute Gasteiger partial charge is 0.497 e. The lowest BCUT2D eigenvalue weighted by Crippen LogP contribution is -2.24. The van der Waals surface area contributed by atoms with Gasteiger partial charge in [0.05, 0.1) is 13.3 Å². The molecule has 0 saturated carbocycles. The van der Waals surface area contributed by atoms with Crippen molar-refractivity contribution in [1.29, 1.82) is 0 Å². The van der Waals surface area contributed by atoms with E-state index in [1.54, 1.807) is 37.4 Å². The van der Waals surface area contributed by atoms with E-state index in [9.17, 15) is 4.79 Å². The van der Waals surface area contributed by atoms with Crippen molar-refractivity contribution in [3.05, 3.63) is 88.4 Å². The maximum Gasteiger partial charge on any atom is 0.277 e. The first-order chi connectivity index (χ1) is 14.6. The maximum atomic E-state index is 11.9. The van der Waals surface area contributed by atoms with Crippen LogP contribution in [0.5, 0.6) is 17.2 Å². The number of rotatable bonds is 9. The smallest absolute Gasteiger partial charge is 0.277 e. The lowest BCUT2D eigenvalue weighted by Gasteiger charge is -2.08. The molecular weight excluding hydrogens is 448 g/mol. The van der Waals surface area contributed by atoms with Crippen LogP contribution in [0.3, 0.4) is 0 Å². The number of nitrogens with zero attached hydrogens (tertiary/aromatic N) is 1. The molecule has 6 nitrogen and oxygen atoms in total. The van der Waals surface area contributed by atoms with Crippen LogP contribution in [0.25, 0.3) is 0 Å². The molecule has 0 aliphatic heterocycles. The van der Waals surface area contributed by atoms with Gasteiger partial charge in [0.1, 0.15) is 23.9 Å². The van der Waals surface area contributed by atoms with Gasteiger partial charge in [-0.05, 0) is 48.0 Å². The minimum absolute atomic E-state index is 0.152. The predicted octanol–water partition coefficient (Wildman–Crippen LogP) is 4.57. The number of nitrogens with one attached hydrogen (secondary N) is 1. The highest BCUT2D eigenvalue weighted by atomic mass is 79.9. The van der Waals surface area contributed by atoms with Gasteiger partial charge in [0.25, 0.3) is 5.91 Å². The zero-order valence-electron chi connectivity index (χ0n) is 16.4. The zero-order valence-corrected chi connectivity index (χ0v) is 18.0. The first kappa shape index (κ1) is 21.4. The molecule has 7 heteroatoms. The number of carbonyl (C=O) groups excluding carboxylic acids is 1. The molecule has 0 aliphatic rings. The Kier molecular flexibility index (Phi) is 7.86. The number of hydrazone groups is 1. The van der Waals surface area contributed by atoms with Gasteiger partial charge in [0, 0.05) is 10.0 Å². The van der Waals surface area contributed by atoms with Crippen molar-refractivity contribution in [3.8, 4) is 17.2 Å². The van der Waals surface area contributed by atoms with Gasteiger partial charge in [-0.25, -0.2) is 5.43 Å². The Morgan fingerprint density at radius 3 is 2.33 bits per heavy atom. The van der Waals surface area contributed by atoms with Crippen molar-refractivity contribution in [2.45, 2.75) is 6.61 Å². The normalized spacial score (nSPS) is 10.6. The third-order valence-corrected chi connectivity index (χ3v) is 4.76. The van der Waals surface area contributed by atoms with Gasteiger partial charge in [-0.2, -0.15) is 5.10 Å². The fourth-order valence-corrected chi connectivity index (χ4v) is 2.82. The average molecular weight is 469 g/mol. The van der Waals surface area contributed by atoms with Crippen molar-refractivity contribution < 1.29 is 19.0 Å². The van der Waals surface area contributed by atoms with Crippen molar-refractivity contribution in [2.24, 2.45) is 5.10 Å². The number of amides is 1. The molecule has 0 atom stereocenters. The Balaban J connectivity index is 1.43. The number of ether oxygens (including phenoxy) is 3. The van der Waals surface area contributed by atoms with Crippen LogP contribution < -0.4 is 19.6 Å². The second-order valence-corrected chi connectivity index (χ2v) is 7.07. The van der Waals surface area contributed by atoms with Gasteiger partial charge in [0.15, 0.2) is 6.61 Å². The molecule has 154 valence electrons. The minimum Gasteiger partial charge on any atom is -0.497 e. The summed E-state index contributed by atoms with van der Waals surface area (Å²) in [4.78, 5) is 11.9. The summed E-state index contributed by atoms with van der Waals surface area (Å²) in [6.07, 6.45) is 1.53. The molecule has 0 heterocycles. The molecule has 0 fully saturated rings. The standard InChI is InChI=1S/C23H21BrN2O4/c1-28-21-11-12-22(24)18(13-21)14-25-26-23(27)16-30-20-9-7-19(8-10-20)29-15-17-5-3-2-4-6-17/h2-14H,15-16H2,1H3,(H,26,27)/b25-14-. The van der Waals surface area contributed by atoms with Gasteiger partial charge in [-0.1, -0.05) is 46.3 Å². The van der Waals surface area contributed by atoms with E-state index < -0.39 is 0 Å². The molecule has 3 rings (SSSR count). The van der Waals surface area contributed by atoms with E-state index in [1.807, 2.05) is 42.5 Å². The van der Waals surface area contributed by atoms with E-state index in [0.29, 0.717) is 18.1 Å². The Morgan fingerprint density at radius 1 is 0.967 bits per heavy atom. The fourth-order valence-electron chi connectivity index (χ4n) is 2.48. The number of methoxy groups -OCH3 is 1. The van der Waals surface area contributed by atoms with Gasteiger partial charge in [-0.3, -0.25) is 4.79 Å². The predicted molar refractivity (Wildman–Crippen MR) is 119 cm³/mol. The number of benzene rings is 3. The second kappa shape index (κ2) is 11.0. The average Bonchev–Trinajstić information content (AvgIpc) is 2.79. The van der Waals surface area contributed by atoms with E-state index >= 15 is 0 Å². The Bertz CT molecular complexity index is 992. The van der Waals surface area contributed by atoms with Crippen LogP contribution in [0.15, 0.2) is 82.4 Å². The van der Waals surface area contributed by atoms with Gasteiger partial charge in [-0.15, -0.1) is 0 Å². The molecule has 1 amide bonds. The van der Waals surface area contributed by atoms with Crippen molar-refractivity contribution in [3.63, 3.8) is 0 Å². The monoisotopic (exact) mass is 468 g/mol. The van der Waals surface area contributed by atoms with Gasteiger partial charge < -0.3 is 14.2 Å². The third-order valence-electron chi connectivity index (χ3n) is 4.04. The van der Waals surface area contributed by atoms with Crippen molar-refractivity contribution >= 4 is 28.1 Å². The highest BCUT2D eigenvalue weighted by Gasteiger charge is 2.04. The summed E-state index contributed by atoms with van der Waals surface area (Å²) in [5.41, 5.74) is 4.31. The lowest BCUT2D eigenvalue weighted by atomic mass is 10.2. The SMILES string of the molecule is COc1ccc(Br)c(/C=N\NC(=O)COc2ccc(OCc3ccccc3)cc2)c1. The first-order valence-corrected chi connectivity index (χ1v) is 9.98. The molecule has 0 unspecified atom stereocenters. The molecule has 0 radical (unpaired) electrons. The first-order valence-electron chi connectivity index (χ1n) is 9.19. The third kappa shape index (κ3) is 6.63. The molecule has 0 aliphatic carbocycles. The Hall–Kier alpha value is -3.32. The van der Waals surface area contributed by atoms with Crippen molar-refractivity contribution in [1.82, 2.24) is 5.43 Å². The van der Waals surface area contributed by atoms with Crippen LogP contribution in [0.2, 0.25) is 0 Å². The van der Waals surface area contributed by atoms with E-state index in [4.69, 9.17) is 14.2 Å². The minimum atomic E-state index is -0.366. The molecule has 1 N–H and O–H groups in total. The number of hydrogen-bond acceptors (Lipinski definition) is 5. The van der Waals surface area contributed by atoms with Crippen LogP contribution in [0.1, 0.15) is 11.1 Å². The topological polar surface area (TPSA) is 69.2 Å². The van der Waals surface area contributed by atoms with Crippen LogP contribution in [0.4, 0.5) is 0 Å². The summed E-state index contributed by atoms with van der Waals surface area (Å²) in [5.74, 6) is 1.63. The summed E-state index contributed by atoms with van der Waals surface area (Å²) in [5, 5.41) is 3.95. The Morgan fingerprint density at radius 2 is 1.63 bits per heavy atom. The molecule has 0 aromatic heterocycles. The van der Waals surface area contributed by atoms with Crippen LogP contribution in [0, 0.1) is 0 Å². The van der Waals surface area contributed by atoms with E-state index in [1.165, 1.54) is 6.21 Å². The molecule has 30 heavy (non-hydrogen) atoms. The number of carbonyl (C=O) groups is 1. The summed E-state index contributed by atoms with van der Waals surface area (Å²) in [7, 11) is 1.59. The zero-order chi connectivity index (χ0) is 21.2. The number of hydrogen-bond donors (Lipinski definition) is 1. The van der Waals surface area contributed by atoms with Crippen LogP contribution in [-0.2, 0) is 11.4 Å². The van der Waals surface area contributed by atoms with Gasteiger partial charge in [0.2, 0.25) is 0 Å². The molecule has 3 aromatic carbocycles. The van der Waals surface area contributed by atoms with Crippen LogP contribution >= 0.6 is 15.9 Å².